The summed E-state index contributed by atoms with van der Waals surface area (Å²) >= 11 is 0. The average molecular weight is 324 g/mol. The standard InChI is InChI=1S/C20H24N2O2/c1-15-6-5-7-18(12-15)24-14-20(23)21-17-8-9-19(16(2)13-17)22-10-3-4-11-22/h5-9,12-13H,3-4,10-11,14H2,1-2H3,(H,21,23). The lowest BCUT2D eigenvalue weighted by Gasteiger charge is -2.20. The molecule has 0 atom stereocenters. The molecule has 0 aromatic heterocycles. The molecule has 0 bridgehead atoms. The summed E-state index contributed by atoms with van der Waals surface area (Å²) in [6, 6.07) is 13.8. The summed E-state index contributed by atoms with van der Waals surface area (Å²) in [5.41, 5.74) is 4.38. The van der Waals surface area contributed by atoms with Crippen LogP contribution in [0.15, 0.2) is 42.5 Å². The number of carbonyl (C=O) groups excluding carboxylic acids is 1. The topological polar surface area (TPSA) is 41.6 Å². The molecule has 0 radical (unpaired) electrons. The summed E-state index contributed by atoms with van der Waals surface area (Å²) in [4.78, 5) is 14.5. The number of hydrogen-bond donors (Lipinski definition) is 1. The van der Waals surface area contributed by atoms with Gasteiger partial charge >= 0.3 is 0 Å². The van der Waals surface area contributed by atoms with E-state index in [0.717, 1.165) is 24.3 Å². The van der Waals surface area contributed by atoms with Crippen molar-refractivity contribution in [3.05, 3.63) is 53.6 Å². The third-order valence-corrected chi connectivity index (χ3v) is 4.29. The lowest BCUT2D eigenvalue weighted by Crippen LogP contribution is -2.21. The van der Waals surface area contributed by atoms with Crippen LogP contribution in [-0.2, 0) is 4.79 Å². The Kier molecular flexibility index (Phi) is 5.04. The highest BCUT2D eigenvalue weighted by Gasteiger charge is 2.14. The zero-order valence-electron chi connectivity index (χ0n) is 14.3. The zero-order valence-corrected chi connectivity index (χ0v) is 14.3. The van der Waals surface area contributed by atoms with Gasteiger partial charge in [0, 0.05) is 24.5 Å². The minimum atomic E-state index is -0.148. The Morgan fingerprint density at radius 2 is 1.92 bits per heavy atom. The molecule has 1 amide bonds. The number of amides is 1. The molecule has 1 heterocycles. The minimum absolute atomic E-state index is 0.0103. The molecular formula is C20H24N2O2. The number of nitrogens with one attached hydrogen (secondary N) is 1. The summed E-state index contributed by atoms with van der Waals surface area (Å²) in [5.74, 6) is 0.565. The van der Waals surface area contributed by atoms with E-state index >= 15 is 0 Å². The van der Waals surface area contributed by atoms with Gasteiger partial charge in [0.15, 0.2) is 6.61 Å². The molecule has 4 nitrogen and oxygen atoms in total. The largest absolute Gasteiger partial charge is 0.484 e. The van der Waals surface area contributed by atoms with E-state index in [-0.39, 0.29) is 12.5 Å². The summed E-state index contributed by atoms with van der Waals surface area (Å²) < 4.78 is 5.54. The maximum atomic E-state index is 12.1. The molecule has 2 aromatic carbocycles. The van der Waals surface area contributed by atoms with Gasteiger partial charge in [-0.1, -0.05) is 12.1 Å². The number of anilines is 2. The van der Waals surface area contributed by atoms with Gasteiger partial charge in [0.2, 0.25) is 0 Å². The Morgan fingerprint density at radius 1 is 1.12 bits per heavy atom. The van der Waals surface area contributed by atoms with Crippen molar-refractivity contribution < 1.29 is 9.53 Å². The molecule has 126 valence electrons. The van der Waals surface area contributed by atoms with E-state index < -0.39 is 0 Å². The van der Waals surface area contributed by atoms with E-state index in [4.69, 9.17) is 4.74 Å². The van der Waals surface area contributed by atoms with E-state index in [9.17, 15) is 4.79 Å². The molecule has 0 saturated carbocycles. The molecule has 1 fully saturated rings. The molecule has 0 unspecified atom stereocenters. The molecule has 0 spiro atoms. The smallest absolute Gasteiger partial charge is 0.262 e. The number of carbonyl (C=O) groups is 1. The van der Waals surface area contributed by atoms with Gasteiger partial charge in [-0.15, -0.1) is 0 Å². The Bertz CT molecular complexity index is 721. The van der Waals surface area contributed by atoms with Crippen LogP contribution in [0.1, 0.15) is 24.0 Å². The number of ether oxygens (including phenoxy) is 1. The normalized spacial score (nSPS) is 13.8. The summed E-state index contributed by atoms with van der Waals surface area (Å²) in [6.45, 7) is 6.34. The Balaban J connectivity index is 1.57. The van der Waals surface area contributed by atoms with E-state index in [1.807, 2.05) is 43.3 Å². The fourth-order valence-electron chi connectivity index (χ4n) is 3.10. The molecule has 1 aliphatic rings. The van der Waals surface area contributed by atoms with Crippen LogP contribution in [0.3, 0.4) is 0 Å². The zero-order chi connectivity index (χ0) is 16.9. The summed E-state index contributed by atoms with van der Waals surface area (Å²) in [6.07, 6.45) is 2.52. The third kappa shape index (κ3) is 4.07. The number of nitrogens with zero attached hydrogens (tertiary/aromatic N) is 1. The molecular weight excluding hydrogens is 300 g/mol. The van der Waals surface area contributed by atoms with Gasteiger partial charge in [0.05, 0.1) is 0 Å². The highest BCUT2D eigenvalue weighted by molar-refractivity contribution is 5.92. The van der Waals surface area contributed by atoms with Crippen molar-refractivity contribution in [2.24, 2.45) is 0 Å². The van der Waals surface area contributed by atoms with Gasteiger partial charge in [-0.3, -0.25) is 4.79 Å². The van der Waals surface area contributed by atoms with Crippen molar-refractivity contribution in [3.8, 4) is 5.75 Å². The predicted octanol–water partition coefficient (Wildman–Crippen LogP) is 3.92. The van der Waals surface area contributed by atoms with Crippen molar-refractivity contribution in [2.75, 3.05) is 29.9 Å². The lowest BCUT2D eigenvalue weighted by molar-refractivity contribution is -0.118. The minimum Gasteiger partial charge on any atom is -0.484 e. The fraction of sp³-hybridized carbons (Fsp3) is 0.350. The van der Waals surface area contributed by atoms with Crippen molar-refractivity contribution in [1.82, 2.24) is 0 Å². The number of rotatable bonds is 5. The molecule has 2 aromatic rings. The predicted molar refractivity (Wildman–Crippen MR) is 97.9 cm³/mol. The third-order valence-electron chi connectivity index (χ3n) is 4.29. The van der Waals surface area contributed by atoms with Gasteiger partial charge in [-0.05, 0) is 68.1 Å². The number of benzene rings is 2. The van der Waals surface area contributed by atoms with Gasteiger partial charge in [0.25, 0.3) is 5.91 Å². The first-order valence-electron chi connectivity index (χ1n) is 8.47. The maximum absolute atomic E-state index is 12.1. The van der Waals surface area contributed by atoms with E-state index in [2.05, 4.69) is 23.2 Å². The maximum Gasteiger partial charge on any atom is 0.262 e. The van der Waals surface area contributed by atoms with E-state index in [0.29, 0.717) is 5.75 Å². The van der Waals surface area contributed by atoms with Crippen LogP contribution in [0, 0.1) is 13.8 Å². The number of aryl methyl sites for hydroxylation is 2. The summed E-state index contributed by atoms with van der Waals surface area (Å²) in [7, 11) is 0. The molecule has 24 heavy (non-hydrogen) atoms. The van der Waals surface area contributed by atoms with E-state index in [1.54, 1.807) is 0 Å². The van der Waals surface area contributed by atoms with Crippen LogP contribution in [0.4, 0.5) is 11.4 Å². The Morgan fingerprint density at radius 3 is 2.62 bits per heavy atom. The fourth-order valence-corrected chi connectivity index (χ4v) is 3.10. The molecule has 1 N–H and O–H groups in total. The van der Waals surface area contributed by atoms with Crippen LogP contribution in [-0.4, -0.2) is 25.6 Å². The lowest BCUT2D eigenvalue weighted by atomic mass is 10.1. The highest BCUT2D eigenvalue weighted by Crippen LogP contribution is 2.26. The molecule has 4 heteroatoms. The van der Waals surface area contributed by atoms with Gasteiger partial charge in [-0.25, -0.2) is 0 Å². The number of hydrogen-bond acceptors (Lipinski definition) is 3. The van der Waals surface area contributed by atoms with Gasteiger partial charge in [-0.2, -0.15) is 0 Å². The summed E-state index contributed by atoms with van der Waals surface area (Å²) in [5, 5.41) is 2.90. The second kappa shape index (κ2) is 7.39. The molecule has 1 aliphatic heterocycles. The first-order chi connectivity index (χ1) is 11.6. The van der Waals surface area contributed by atoms with Crippen molar-refractivity contribution in [3.63, 3.8) is 0 Å². The Hall–Kier alpha value is -2.49. The second-order valence-corrected chi connectivity index (χ2v) is 6.35. The molecule has 3 rings (SSSR count). The first-order valence-corrected chi connectivity index (χ1v) is 8.47. The van der Waals surface area contributed by atoms with Gasteiger partial charge in [0.1, 0.15) is 5.75 Å². The first kappa shape index (κ1) is 16.4. The quantitative estimate of drug-likeness (QED) is 0.906. The highest BCUT2D eigenvalue weighted by atomic mass is 16.5. The van der Waals surface area contributed by atoms with Crippen molar-refractivity contribution in [2.45, 2.75) is 26.7 Å². The monoisotopic (exact) mass is 324 g/mol. The van der Waals surface area contributed by atoms with E-state index in [1.165, 1.54) is 24.1 Å². The SMILES string of the molecule is Cc1cccc(OCC(=O)Nc2ccc(N3CCCC3)c(C)c2)c1. The van der Waals surface area contributed by atoms with Crippen LogP contribution in [0.2, 0.25) is 0 Å². The van der Waals surface area contributed by atoms with Crippen LogP contribution in [0.5, 0.6) is 5.75 Å². The Labute approximate surface area is 143 Å². The molecule has 0 aliphatic carbocycles. The average Bonchev–Trinajstić information content (AvgIpc) is 3.07. The second-order valence-electron chi connectivity index (χ2n) is 6.35. The van der Waals surface area contributed by atoms with Gasteiger partial charge < -0.3 is 15.0 Å². The van der Waals surface area contributed by atoms with Crippen LogP contribution < -0.4 is 15.0 Å². The van der Waals surface area contributed by atoms with Crippen LogP contribution in [0.25, 0.3) is 0 Å². The van der Waals surface area contributed by atoms with Crippen molar-refractivity contribution in [1.29, 1.82) is 0 Å². The van der Waals surface area contributed by atoms with Crippen LogP contribution >= 0.6 is 0 Å². The molecule has 1 saturated heterocycles. The van der Waals surface area contributed by atoms with Crippen molar-refractivity contribution >= 4 is 17.3 Å².